The Morgan fingerprint density at radius 1 is 1.07 bits per heavy atom. The highest BCUT2D eigenvalue weighted by Gasteiger charge is 2.31. The Hall–Kier alpha value is -2.10. The number of methoxy groups -OCH3 is 2. The van der Waals surface area contributed by atoms with Gasteiger partial charge in [-0.3, -0.25) is 9.58 Å². The Morgan fingerprint density at radius 3 is 2.29 bits per heavy atom. The molecule has 1 aromatic carbocycles. The summed E-state index contributed by atoms with van der Waals surface area (Å²) < 4.78 is 40.1. The summed E-state index contributed by atoms with van der Waals surface area (Å²) in [7, 11) is 1.31. The standard InChI is InChI=1S/C19H28N4O4S/c1-14-17(15(2)21(3)20-14)13-22-8-10-23(11-9-22)28(24,25)19-7-6-16(26-4)12-18(19)27-5/h6-7,12H,8-11,13H2,1-5H3. The number of aromatic nitrogens is 2. The van der Waals surface area contributed by atoms with E-state index in [1.807, 2.05) is 18.7 Å². The summed E-state index contributed by atoms with van der Waals surface area (Å²) in [6.45, 7) is 7.08. The van der Waals surface area contributed by atoms with Gasteiger partial charge in [0.25, 0.3) is 0 Å². The van der Waals surface area contributed by atoms with Crippen molar-refractivity contribution in [3.05, 3.63) is 35.2 Å². The molecule has 0 unspecified atom stereocenters. The number of hydrogen-bond acceptors (Lipinski definition) is 6. The minimum atomic E-state index is -3.63. The number of sulfonamides is 1. The molecule has 0 amide bonds. The van der Waals surface area contributed by atoms with Crippen LogP contribution in [0.15, 0.2) is 23.1 Å². The van der Waals surface area contributed by atoms with E-state index in [0.717, 1.165) is 17.9 Å². The minimum absolute atomic E-state index is 0.170. The van der Waals surface area contributed by atoms with Crippen LogP contribution in [0.25, 0.3) is 0 Å². The van der Waals surface area contributed by atoms with E-state index in [1.165, 1.54) is 24.1 Å². The molecule has 0 spiro atoms. The van der Waals surface area contributed by atoms with Crippen LogP contribution in [0.3, 0.4) is 0 Å². The molecule has 154 valence electrons. The Kier molecular flexibility index (Phi) is 5.97. The van der Waals surface area contributed by atoms with E-state index >= 15 is 0 Å². The topological polar surface area (TPSA) is 76.9 Å². The van der Waals surface area contributed by atoms with Crippen molar-refractivity contribution in [3.8, 4) is 11.5 Å². The maximum atomic E-state index is 13.1. The molecule has 1 aliphatic heterocycles. The lowest BCUT2D eigenvalue weighted by atomic mass is 10.1. The van der Waals surface area contributed by atoms with Gasteiger partial charge in [0, 0.05) is 57.1 Å². The summed E-state index contributed by atoms with van der Waals surface area (Å²) in [5.41, 5.74) is 3.39. The Labute approximate surface area is 166 Å². The first-order valence-electron chi connectivity index (χ1n) is 9.21. The summed E-state index contributed by atoms with van der Waals surface area (Å²) in [6, 6.07) is 4.78. The third kappa shape index (κ3) is 3.87. The van der Waals surface area contributed by atoms with Crippen molar-refractivity contribution < 1.29 is 17.9 Å². The molecule has 8 nitrogen and oxygen atoms in total. The van der Waals surface area contributed by atoms with Crippen LogP contribution in [0, 0.1) is 13.8 Å². The maximum absolute atomic E-state index is 13.1. The van der Waals surface area contributed by atoms with E-state index in [2.05, 4.69) is 16.9 Å². The molecule has 0 radical (unpaired) electrons. The first kappa shape index (κ1) is 20.6. The first-order valence-corrected chi connectivity index (χ1v) is 10.7. The molecule has 2 aromatic rings. The van der Waals surface area contributed by atoms with E-state index in [0.29, 0.717) is 37.7 Å². The van der Waals surface area contributed by atoms with Crippen molar-refractivity contribution in [3.63, 3.8) is 0 Å². The number of piperazine rings is 1. The zero-order valence-corrected chi connectivity index (χ0v) is 17.9. The van der Waals surface area contributed by atoms with Gasteiger partial charge in [0.15, 0.2) is 0 Å². The Balaban J connectivity index is 1.72. The highest BCUT2D eigenvalue weighted by atomic mass is 32.2. The van der Waals surface area contributed by atoms with Crippen molar-refractivity contribution in [2.24, 2.45) is 7.05 Å². The molecule has 1 fully saturated rings. The summed E-state index contributed by atoms with van der Waals surface area (Å²) >= 11 is 0. The van der Waals surface area contributed by atoms with Crippen LogP contribution in [0.5, 0.6) is 11.5 Å². The second kappa shape index (κ2) is 8.10. The number of benzene rings is 1. The number of ether oxygens (including phenoxy) is 2. The van der Waals surface area contributed by atoms with Gasteiger partial charge in [0.2, 0.25) is 10.0 Å². The second-order valence-corrected chi connectivity index (χ2v) is 8.88. The van der Waals surface area contributed by atoms with Crippen LogP contribution in [0.1, 0.15) is 17.0 Å². The molecule has 0 saturated carbocycles. The van der Waals surface area contributed by atoms with Gasteiger partial charge in [-0.25, -0.2) is 8.42 Å². The fourth-order valence-electron chi connectivity index (χ4n) is 3.52. The summed E-state index contributed by atoms with van der Waals surface area (Å²) in [5.74, 6) is 0.853. The number of nitrogens with zero attached hydrogens (tertiary/aromatic N) is 4. The Morgan fingerprint density at radius 2 is 1.75 bits per heavy atom. The molecule has 3 rings (SSSR count). The van der Waals surface area contributed by atoms with Crippen LogP contribution in [-0.4, -0.2) is 67.8 Å². The van der Waals surface area contributed by atoms with Gasteiger partial charge >= 0.3 is 0 Å². The van der Waals surface area contributed by atoms with Gasteiger partial charge in [-0.05, 0) is 26.0 Å². The predicted molar refractivity (Wildman–Crippen MR) is 106 cm³/mol. The highest BCUT2D eigenvalue weighted by molar-refractivity contribution is 7.89. The third-order valence-corrected chi connectivity index (χ3v) is 7.30. The molecule has 1 aliphatic rings. The van der Waals surface area contributed by atoms with Crippen molar-refractivity contribution in [2.75, 3.05) is 40.4 Å². The van der Waals surface area contributed by atoms with Crippen LogP contribution >= 0.6 is 0 Å². The monoisotopic (exact) mass is 408 g/mol. The minimum Gasteiger partial charge on any atom is -0.497 e. The molecule has 0 bridgehead atoms. The maximum Gasteiger partial charge on any atom is 0.246 e. The van der Waals surface area contributed by atoms with Crippen molar-refractivity contribution in [1.82, 2.24) is 19.0 Å². The zero-order valence-electron chi connectivity index (χ0n) is 17.1. The molecule has 0 aliphatic carbocycles. The van der Waals surface area contributed by atoms with Crippen molar-refractivity contribution in [2.45, 2.75) is 25.3 Å². The smallest absolute Gasteiger partial charge is 0.246 e. The summed E-state index contributed by atoms with van der Waals surface area (Å²) in [6.07, 6.45) is 0. The molecular formula is C19H28N4O4S. The summed E-state index contributed by atoms with van der Waals surface area (Å²) in [4.78, 5) is 2.44. The number of rotatable bonds is 6. The molecule has 0 N–H and O–H groups in total. The molecule has 1 aromatic heterocycles. The van der Waals surface area contributed by atoms with Gasteiger partial charge in [-0.1, -0.05) is 0 Å². The molecule has 2 heterocycles. The second-order valence-electron chi connectivity index (χ2n) is 6.97. The van der Waals surface area contributed by atoms with E-state index in [4.69, 9.17) is 9.47 Å². The Bertz CT molecular complexity index is 947. The van der Waals surface area contributed by atoms with Gasteiger partial charge in [0.05, 0.1) is 19.9 Å². The molecular weight excluding hydrogens is 380 g/mol. The fourth-order valence-corrected chi connectivity index (χ4v) is 5.08. The van der Waals surface area contributed by atoms with E-state index in [1.54, 1.807) is 18.2 Å². The number of hydrogen-bond donors (Lipinski definition) is 0. The van der Waals surface area contributed by atoms with Crippen LogP contribution in [-0.2, 0) is 23.6 Å². The van der Waals surface area contributed by atoms with Gasteiger partial charge in [0.1, 0.15) is 16.4 Å². The number of aryl methyl sites for hydroxylation is 2. The van der Waals surface area contributed by atoms with E-state index < -0.39 is 10.0 Å². The highest BCUT2D eigenvalue weighted by Crippen LogP contribution is 2.31. The molecule has 9 heteroatoms. The van der Waals surface area contributed by atoms with E-state index in [9.17, 15) is 8.42 Å². The molecule has 28 heavy (non-hydrogen) atoms. The van der Waals surface area contributed by atoms with Gasteiger partial charge in [-0.15, -0.1) is 0 Å². The lowest BCUT2D eigenvalue weighted by molar-refractivity contribution is 0.181. The van der Waals surface area contributed by atoms with Gasteiger partial charge < -0.3 is 9.47 Å². The lowest BCUT2D eigenvalue weighted by Gasteiger charge is -2.34. The van der Waals surface area contributed by atoms with E-state index in [-0.39, 0.29) is 4.90 Å². The third-order valence-electron chi connectivity index (χ3n) is 5.36. The SMILES string of the molecule is COc1ccc(S(=O)(=O)N2CCN(Cc3c(C)nn(C)c3C)CC2)c(OC)c1. The quantitative estimate of drug-likeness (QED) is 0.722. The van der Waals surface area contributed by atoms with Gasteiger partial charge in [-0.2, -0.15) is 9.40 Å². The zero-order chi connectivity index (χ0) is 20.5. The normalized spacial score (nSPS) is 16.3. The summed E-state index contributed by atoms with van der Waals surface area (Å²) in [5, 5.41) is 4.46. The largest absolute Gasteiger partial charge is 0.497 e. The average molecular weight is 409 g/mol. The predicted octanol–water partition coefficient (Wildman–Crippen LogP) is 1.56. The van der Waals surface area contributed by atoms with Crippen LogP contribution in [0.4, 0.5) is 0 Å². The van der Waals surface area contributed by atoms with Crippen molar-refractivity contribution in [1.29, 1.82) is 0 Å². The first-order chi connectivity index (χ1) is 13.3. The molecule has 1 saturated heterocycles. The van der Waals surface area contributed by atoms with Crippen LogP contribution in [0.2, 0.25) is 0 Å². The average Bonchev–Trinajstić information content (AvgIpc) is 2.93. The van der Waals surface area contributed by atoms with Crippen molar-refractivity contribution >= 4 is 10.0 Å². The lowest BCUT2D eigenvalue weighted by Crippen LogP contribution is -2.48. The fraction of sp³-hybridized carbons (Fsp3) is 0.526. The van der Waals surface area contributed by atoms with Crippen LogP contribution < -0.4 is 9.47 Å². The molecule has 0 atom stereocenters.